The summed E-state index contributed by atoms with van der Waals surface area (Å²) in [7, 11) is 1.69. The van der Waals surface area contributed by atoms with Gasteiger partial charge in [-0.15, -0.1) is 0 Å². The number of ether oxygens (including phenoxy) is 1. The van der Waals surface area contributed by atoms with Crippen molar-refractivity contribution in [1.82, 2.24) is 10.6 Å². The lowest BCUT2D eigenvalue weighted by molar-refractivity contribution is 0.247. The van der Waals surface area contributed by atoms with Crippen LogP contribution >= 0.6 is 0 Å². The van der Waals surface area contributed by atoms with Gasteiger partial charge < -0.3 is 15.4 Å². The Morgan fingerprint density at radius 1 is 0.725 bits per heavy atom. The molecule has 0 aliphatic carbocycles. The molecule has 0 aliphatic rings. The highest BCUT2D eigenvalue weighted by molar-refractivity contribution is 5.91. The van der Waals surface area contributed by atoms with Crippen LogP contribution in [0.15, 0.2) is 103 Å². The van der Waals surface area contributed by atoms with Crippen molar-refractivity contribution in [2.45, 2.75) is 51.6 Å². The van der Waals surface area contributed by atoms with Gasteiger partial charge >= 0.3 is 6.03 Å². The average Bonchev–Trinajstić information content (AvgIpc) is 2.98. The van der Waals surface area contributed by atoms with Crippen LogP contribution in [0.5, 0.6) is 5.75 Å². The number of rotatable bonds is 11. The van der Waals surface area contributed by atoms with E-state index < -0.39 is 5.54 Å². The Morgan fingerprint density at radius 2 is 1.25 bits per heavy atom. The molecule has 0 fully saturated rings. The first kappa shape index (κ1) is 28.9. The van der Waals surface area contributed by atoms with Gasteiger partial charge in [0, 0.05) is 24.3 Å². The van der Waals surface area contributed by atoms with Gasteiger partial charge in [-0.05, 0) is 40.2 Å². The van der Waals surface area contributed by atoms with Gasteiger partial charge in [0.15, 0.2) is 0 Å². The second-order valence-corrected chi connectivity index (χ2v) is 10.7. The van der Waals surface area contributed by atoms with Crippen LogP contribution in [0.4, 0.5) is 10.5 Å². The van der Waals surface area contributed by atoms with E-state index in [9.17, 15) is 4.79 Å². The summed E-state index contributed by atoms with van der Waals surface area (Å²) in [5.41, 5.74) is 5.62. The minimum absolute atomic E-state index is 0.231. The zero-order valence-corrected chi connectivity index (χ0v) is 24.2. The van der Waals surface area contributed by atoms with Gasteiger partial charge in [-0.3, -0.25) is 5.32 Å². The predicted octanol–water partition coefficient (Wildman–Crippen LogP) is 7.80. The van der Waals surface area contributed by atoms with Gasteiger partial charge in [-0.1, -0.05) is 125 Å². The molecule has 0 aromatic heterocycles. The van der Waals surface area contributed by atoms with E-state index in [1.54, 1.807) is 7.11 Å². The summed E-state index contributed by atoms with van der Waals surface area (Å²) in [5.74, 6) is 1.38. The standard InChI is InChI=1S/C35H41N3O2/c1-25(2)30-20-14-21-31(26(3)4)33(30)38-34(39)36-24-35(28-16-8-6-9-17-28,29-18-10-7-11-19-29)37-23-27-15-12-13-22-32(27)40-5/h6-22,25-26,37H,23-24H2,1-5H3,(H2,36,38,39). The van der Waals surface area contributed by atoms with Crippen molar-refractivity contribution in [1.29, 1.82) is 0 Å². The summed E-state index contributed by atoms with van der Waals surface area (Å²) in [6.45, 7) is 9.49. The maximum absolute atomic E-state index is 13.6. The van der Waals surface area contributed by atoms with Gasteiger partial charge in [-0.25, -0.2) is 4.79 Å². The van der Waals surface area contributed by atoms with Crippen LogP contribution in [0.3, 0.4) is 0 Å². The smallest absolute Gasteiger partial charge is 0.319 e. The van der Waals surface area contributed by atoms with Gasteiger partial charge in [-0.2, -0.15) is 0 Å². The molecule has 40 heavy (non-hydrogen) atoms. The number of para-hydroxylation sites is 2. The number of hydrogen-bond donors (Lipinski definition) is 3. The van der Waals surface area contributed by atoms with E-state index in [1.165, 1.54) is 0 Å². The minimum Gasteiger partial charge on any atom is -0.496 e. The van der Waals surface area contributed by atoms with Crippen molar-refractivity contribution < 1.29 is 9.53 Å². The maximum atomic E-state index is 13.6. The molecule has 3 N–H and O–H groups in total. The fraction of sp³-hybridized carbons (Fsp3) is 0.286. The first-order chi connectivity index (χ1) is 19.4. The molecule has 0 heterocycles. The normalized spacial score (nSPS) is 11.5. The molecule has 5 heteroatoms. The minimum atomic E-state index is -0.695. The Morgan fingerprint density at radius 3 is 1.77 bits per heavy atom. The number of nitrogens with one attached hydrogen (secondary N) is 3. The Kier molecular flexibility index (Phi) is 9.62. The van der Waals surface area contributed by atoms with E-state index >= 15 is 0 Å². The fourth-order valence-corrected chi connectivity index (χ4v) is 5.24. The van der Waals surface area contributed by atoms with E-state index in [4.69, 9.17) is 4.74 Å². The molecule has 2 amide bonds. The second kappa shape index (κ2) is 13.3. The van der Waals surface area contributed by atoms with Crippen molar-refractivity contribution in [3.63, 3.8) is 0 Å². The summed E-state index contributed by atoms with van der Waals surface area (Å²) in [5, 5.41) is 10.2. The van der Waals surface area contributed by atoms with E-state index in [0.29, 0.717) is 13.1 Å². The lowest BCUT2D eigenvalue weighted by Gasteiger charge is -2.37. The number of anilines is 1. The summed E-state index contributed by atoms with van der Waals surface area (Å²) < 4.78 is 5.63. The third kappa shape index (κ3) is 6.54. The first-order valence-electron chi connectivity index (χ1n) is 14.0. The number of methoxy groups -OCH3 is 1. The van der Waals surface area contributed by atoms with Gasteiger partial charge in [0.05, 0.1) is 12.6 Å². The third-order valence-electron chi connectivity index (χ3n) is 7.43. The molecule has 0 bridgehead atoms. The molecule has 0 aliphatic heterocycles. The lowest BCUT2D eigenvalue weighted by Crippen LogP contribution is -2.52. The van der Waals surface area contributed by atoms with Gasteiger partial charge in [0.1, 0.15) is 5.75 Å². The molecule has 5 nitrogen and oxygen atoms in total. The van der Waals surface area contributed by atoms with Crippen molar-refractivity contribution >= 4 is 11.7 Å². The van der Waals surface area contributed by atoms with Crippen molar-refractivity contribution in [2.75, 3.05) is 19.0 Å². The summed E-state index contributed by atoms with van der Waals surface area (Å²) in [6, 6.07) is 34.6. The topological polar surface area (TPSA) is 62.4 Å². The predicted molar refractivity (Wildman–Crippen MR) is 165 cm³/mol. The molecule has 0 saturated heterocycles. The van der Waals surface area contributed by atoms with E-state index in [-0.39, 0.29) is 17.9 Å². The highest BCUT2D eigenvalue weighted by Gasteiger charge is 2.34. The maximum Gasteiger partial charge on any atom is 0.319 e. The van der Waals surface area contributed by atoms with E-state index in [0.717, 1.165) is 39.3 Å². The van der Waals surface area contributed by atoms with Gasteiger partial charge in [0.2, 0.25) is 0 Å². The fourth-order valence-electron chi connectivity index (χ4n) is 5.24. The molecule has 0 saturated carbocycles. The zero-order valence-electron chi connectivity index (χ0n) is 24.2. The molecule has 0 atom stereocenters. The molecule has 0 radical (unpaired) electrons. The van der Waals surface area contributed by atoms with Crippen LogP contribution in [0, 0.1) is 0 Å². The summed E-state index contributed by atoms with van der Waals surface area (Å²) in [4.78, 5) is 13.6. The van der Waals surface area contributed by atoms with Crippen molar-refractivity contribution in [3.05, 3.63) is 131 Å². The SMILES string of the molecule is COc1ccccc1CNC(CNC(=O)Nc1c(C(C)C)cccc1C(C)C)(c1ccccc1)c1ccccc1. The Hall–Kier alpha value is -4.09. The molecule has 0 spiro atoms. The number of amides is 2. The monoisotopic (exact) mass is 535 g/mol. The quantitative estimate of drug-likeness (QED) is 0.184. The Labute approximate surface area is 239 Å². The highest BCUT2D eigenvalue weighted by atomic mass is 16.5. The third-order valence-corrected chi connectivity index (χ3v) is 7.43. The molecule has 4 rings (SSSR count). The number of carbonyl (C=O) groups is 1. The van der Waals surface area contributed by atoms with E-state index in [2.05, 4.69) is 92.2 Å². The van der Waals surface area contributed by atoms with E-state index in [1.807, 2.05) is 54.6 Å². The molecule has 4 aromatic rings. The number of benzene rings is 4. The van der Waals surface area contributed by atoms with Crippen LogP contribution in [0.2, 0.25) is 0 Å². The first-order valence-corrected chi connectivity index (χ1v) is 14.0. The molecule has 208 valence electrons. The Bertz CT molecular complexity index is 1320. The highest BCUT2D eigenvalue weighted by Crippen LogP contribution is 2.33. The number of carbonyl (C=O) groups excluding carboxylic acids is 1. The number of urea groups is 1. The van der Waals surface area contributed by atoms with Crippen LogP contribution in [0.25, 0.3) is 0 Å². The largest absolute Gasteiger partial charge is 0.496 e. The summed E-state index contributed by atoms with van der Waals surface area (Å²) >= 11 is 0. The van der Waals surface area contributed by atoms with Crippen LogP contribution < -0.4 is 20.7 Å². The lowest BCUT2D eigenvalue weighted by atomic mass is 9.82. The molecular formula is C35H41N3O2. The van der Waals surface area contributed by atoms with Crippen molar-refractivity contribution in [3.8, 4) is 5.75 Å². The van der Waals surface area contributed by atoms with Crippen LogP contribution in [0.1, 0.15) is 67.3 Å². The average molecular weight is 536 g/mol. The molecular weight excluding hydrogens is 494 g/mol. The van der Waals surface area contributed by atoms with Crippen molar-refractivity contribution in [2.24, 2.45) is 0 Å². The molecule has 0 unspecified atom stereocenters. The summed E-state index contributed by atoms with van der Waals surface area (Å²) in [6.07, 6.45) is 0. The number of hydrogen-bond acceptors (Lipinski definition) is 3. The van der Waals surface area contributed by atoms with Crippen LogP contribution in [-0.4, -0.2) is 19.7 Å². The van der Waals surface area contributed by atoms with Gasteiger partial charge in [0.25, 0.3) is 0 Å². The molecule has 4 aromatic carbocycles. The zero-order chi connectivity index (χ0) is 28.5. The Balaban J connectivity index is 1.69. The second-order valence-electron chi connectivity index (χ2n) is 10.7. The van der Waals surface area contributed by atoms with Crippen LogP contribution in [-0.2, 0) is 12.1 Å².